The van der Waals surface area contributed by atoms with Gasteiger partial charge < -0.3 is 10.4 Å². The van der Waals surface area contributed by atoms with E-state index in [1.165, 1.54) is 0 Å². The quantitative estimate of drug-likeness (QED) is 0.825. The van der Waals surface area contributed by atoms with Gasteiger partial charge in [0.15, 0.2) is 0 Å². The normalized spacial score (nSPS) is 21.2. The number of aromatic nitrogens is 2. The molecule has 2 N–H and O–H groups in total. The van der Waals surface area contributed by atoms with E-state index in [1.807, 2.05) is 11.8 Å². The van der Waals surface area contributed by atoms with Gasteiger partial charge in [0.25, 0.3) is 0 Å². The van der Waals surface area contributed by atoms with Gasteiger partial charge in [0.2, 0.25) is 0 Å². The van der Waals surface area contributed by atoms with Gasteiger partial charge in [-0.1, -0.05) is 11.6 Å². The third kappa shape index (κ3) is 2.50. The van der Waals surface area contributed by atoms with Crippen LogP contribution in [0.3, 0.4) is 0 Å². The van der Waals surface area contributed by atoms with Gasteiger partial charge in [-0.05, 0) is 6.92 Å². The van der Waals surface area contributed by atoms with E-state index in [1.54, 1.807) is 11.7 Å². The maximum atomic E-state index is 11.2. The lowest BCUT2D eigenvalue weighted by atomic mass is 10.1. The molecule has 1 aliphatic rings. The summed E-state index contributed by atoms with van der Waals surface area (Å²) in [7, 11) is 1.78. The fourth-order valence-electron chi connectivity index (χ4n) is 2.24. The van der Waals surface area contributed by atoms with Crippen molar-refractivity contribution in [1.29, 1.82) is 0 Å². The SMILES string of the molecule is Cc1nn(C)c(Cl)c1CN1CCNCC1C(=O)O. The number of rotatable bonds is 3. The highest BCUT2D eigenvalue weighted by Crippen LogP contribution is 2.21. The number of hydrogen-bond acceptors (Lipinski definition) is 4. The van der Waals surface area contributed by atoms with Crippen LogP contribution in [0, 0.1) is 6.92 Å². The molecule has 1 fully saturated rings. The van der Waals surface area contributed by atoms with Crippen LogP contribution in [0.25, 0.3) is 0 Å². The molecule has 1 aromatic heterocycles. The van der Waals surface area contributed by atoms with Crippen molar-refractivity contribution in [2.45, 2.75) is 19.5 Å². The summed E-state index contributed by atoms with van der Waals surface area (Å²) < 4.78 is 1.62. The van der Waals surface area contributed by atoms with Crippen LogP contribution in [-0.2, 0) is 18.4 Å². The summed E-state index contributed by atoms with van der Waals surface area (Å²) in [5, 5.41) is 17.1. The molecular formula is C11H17ClN4O2. The number of hydrogen-bond donors (Lipinski definition) is 2. The van der Waals surface area contributed by atoms with Gasteiger partial charge in [0.1, 0.15) is 11.2 Å². The van der Waals surface area contributed by atoms with E-state index >= 15 is 0 Å². The second-order valence-corrected chi connectivity index (χ2v) is 4.87. The van der Waals surface area contributed by atoms with Crippen molar-refractivity contribution in [1.82, 2.24) is 20.0 Å². The molecule has 6 nitrogen and oxygen atoms in total. The second-order valence-electron chi connectivity index (χ2n) is 4.51. The van der Waals surface area contributed by atoms with E-state index in [2.05, 4.69) is 10.4 Å². The Kier molecular flexibility index (Phi) is 3.89. The molecule has 1 unspecified atom stereocenters. The second kappa shape index (κ2) is 5.26. The summed E-state index contributed by atoms with van der Waals surface area (Å²) in [6.45, 7) is 4.37. The highest BCUT2D eigenvalue weighted by atomic mass is 35.5. The van der Waals surface area contributed by atoms with Gasteiger partial charge in [-0.15, -0.1) is 0 Å². The lowest BCUT2D eigenvalue weighted by Gasteiger charge is -2.33. The van der Waals surface area contributed by atoms with E-state index < -0.39 is 12.0 Å². The fourth-order valence-corrected chi connectivity index (χ4v) is 2.47. The highest BCUT2D eigenvalue weighted by Gasteiger charge is 2.29. The summed E-state index contributed by atoms with van der Waals surface area (Å²) in [4.78, 5) is 13.1. The van der Waals surface area contributed by atoms with Gasteiger partial charge in [-0.25, -0.2) is 0 Å². The predicted octanol–water partition coefficient (Wildman–Crippen LogP) is 0.240. The van der Waals surface area contributed by atoms with Gasteiger partial charge in [0.05, 0.1) is 5.69 Å². The first kappa shape index (κ1) is 13.3. The van der Waals surface area contributed by atoms with Crippen LogP contribution in [0.5, 0.6) is 0 Å². The van der Waals surface area contributed by atoms with Crippen LogP contribution >= 0.6 is 11.6 Å². The van der Waals surface area contributed by atoms with Crippen LogP contribution in [0.15, 0.2) is 0 Å². The molecule has 0 saturated carbocycles. The Morgan fingerprint density at radius 1 is 1.67 bits per heavy atom. The first-order chi connectivity index (χ1) is 8.50. The van der Waals surface area contributed by atoms with Crippen molar-refractivity contribution in [3.63, 3.8) is 0 Å². The summed E-state index contributed by atoms with van der Waals surface area (Å²) >= 11 is 6.17. The molecule has 1 saturated heterocycles. The van der Waals surface area contributed by atoms with Crippen molar-refractivity contribution in [3.05, 3.63) is 16.4 Å². The van der Waals surface area contributed by atoms with E-state index in [0.29, 0.717) is 24.8 Å². The Bertz CT molecular complexity index is 460. The maximum absolute atomic E-state index is 11.2. The summed E-state index contributed by atoms with van der Waals surface area (Å²) in [5.74, 6) is -0.806. The van der Waals surface area contributed by atoms with Gasteiger partial charge >= 0.3 is 5.97 Å². The van der Waals surface area contributed by atoms with E-state index in [9.17, 15) is 9.90 Å². The molecule has 18 heavy (non-hydrogen) atoms. The molecule has 0 aromatic carbocycles. The number of carbonyl (C=O) groups is 1. The topological polar surface area (TPSA) is 70.4 Å². The number of nitrogens with one attached hydrogen (secondary N) is 1. The van der Waals surface area contributed by atoms with Crippen LogP contribution in [0.4, 0.5) is 0 Å². The molecular weight excluding hydrogens is 256 g/mol. The van der Waals surface area contributed by atoms with Crippen molar-refractivity contribution < 1.29 is 9.90 Å². The number of carboxylic acids is 1. The maximum Gasteiger partial charge on any atom is 0.322 e. The number of carboxylic acid groups (broad SMARTS) is 1. The molecule has 100 valence electrons. The van der Waals surface area contributed by atoms with Crippen molar-refractivity contribution in [2.75, 3.05) is 19.6 Å². The van der Waals surface area contributed by atoms with Crippen molar-refractivity contribution in [3.8, 4) is 0 Å². The van der Waals surface area contributed by atoms with Gasteiger partial charge in [-0.2, -0.15) is 5.10 Å². The molecule has 0 spiro atoms. The summed E-state index contributed by atoms with van der Waals surface area (Å²) in [6.07, 6.45) is 0. The zero-order valence-corrected chi connectivity index (χ0v) is 11.2. The summed E-state index contributed by atoms with van der Waals surface area (Å²) in [6, 6.07) is -0.505. The van der Waals surface area contributed by atoms with Crippen LogP contribution in [0.1, 0.15) is 11.3 Å². The highest BCUT2D eigenvalue weighted by molar-refractivity contribution is 6.30. The Labute approximate surface area is 111 Å². The van der Waals surface area contributed by atoms with E-state index in [4.69, 9.17) is 11.6 Å². The third-order valence-electron chi connectivity index (χ3n) is 3.27. The minimum Gasteiger partial charge on any atom is -0.480 e. The first-order valence-electron chi connectivity index (χ1n) is 5.86. The predicted molar refractivity (Wildman–Crippen MR) is 67.7 cm³/mol. The molecule has 1 atom stereocenters. The number of nitrogens with zero attached hydrogens (tertiary/aromatic N) is 3. The lowest BCUT2D eigenvalue weighted by Crippen LogP contribution is -2.54. The zero-order chi connectivity index (χ0) is 13.3. The molecule has 0 radical (unpaired) electrons. The third-order valence-corrected chi connectivity index (χ3v) is 3.74. The van der Waals surface area contributed by atoms with Crippen molar-refractivity contribution in [2.24, 2.45) is 7.05 Å². The average Bonchev–Trinajstić information content (AvgIpc) is 2.56. The number of halogens is 1. The molecule has 0 amide bonds. The average molecular weight is 273 g/mol. The number of aliphatic carboxylic acids is 1. The number of aryl methyl sites for hydroxylation is 2. The molecule has 7 heteroatoms. The molecule has 2 heterocycles. The monoisotopic (exact) mass is 272 g/mol. The molecule has 1 aromatic rings. The largest absolute Gasteiger partial charge is 0.480 e. The molecule has 0 aliphatic carbocycles. The van der Waals surface area contributed by atoms with Gasteiger partial charge in [0, 0.05) is 38.8 Å². The van der Waals surface area contributed by atoms with Gasteiger partial charge in [-0.3, -0.25) is 14.4 Å². The zero-order valence-electron chi connectivity index (χ0n) is 10.5. The number of piperazine rings is 1. The van der Waals surface area contributed by atoms with Crippen LogP contribution in [-0.4, -0.2) is 51.4 Å². The first-order valence-corrected chi connectivity index (χ1v) is 6.24. The lowest BCUT2D eigenvalue weighted by molar-refractivity contribution is -0.144. The van der Waals surface area contributed by atoms with E-state index in [-0.39, 0.29) is 0 Å². The minimum atomic E-state index is -0.806. The van der Waals surface area contributed by atoms with Crippen LogP contribution in [0.2, 0.25) is 5.15 Å². The smallest absolute Gasteiger partial charge is 0.322 e. The molecule has 1 aliphatic heterocycles. The Hall–Kier alpha value is -1.11. The Balaban J connectivity index is 2.18. The van der Waals surface area contributed by atoms with Crippen molar-refractivity contribution >= 4 is 17.6 Å². The molecule has 0 bridgehead atoms. The molecule has 2 rings (SSSR count). The standard InChI is InChI=1S/C11H17ClN4O2/c1-7-8(10(12)15(2)14-7)6-16-4-3-13-5-9(16)11(17)18/h9,13H,3-6H2,1-2H3,(H,17,18). The Morgan fingerprint density at radius 3 is 2.94 bits per heavy atom. The minimum absolute atomic E-state index is 0.465. The Morgan fingerprint density at radius 2 is 2.39 bits per heavy atom. The fraction of sp³-hybridized carbons (Fsp3) is 0.636. The van der Waals surface area contributed by atoms with Crippen LogP contribution < -0.4 is 5.32 Å². The summed E-state index contributed by atoms with van der Waals surface area (Å²) in [5.41, 5.74) is 1.76. The van der Waals surface area contributed by atoms with E-state index in [0.717, 1.165) is 17.8 Å².